The van der Waals surface area contributed by atoms with Crippen molar-refractivity contribution in [1.29, 1.82) is 0 Å². The van der Waals surface area contributed by atoms with Crippen LogP contribution in [0.4, 0.5) is 26.3 Å². The molecule has 0 bridgehead atoms. The van der Waals surface area contributed by atoms with Gasteiger partial charge in [0.15, 0.2) is 12.1 Å². The van der Waals surface area contributed by atoms with Gasteiger partial charge in [0.05, 0.1) is 0 Å². The maximum absolute atomic E-state index is 12.2. The fraction of sp³-hybridized carbons (Fsp3) is 0.727. The first-order valence-corrected chi connectivity index (χ1v) is 5.68. The van der Waals surface area contributed by atoms with Crippen molar-refractivity contribution < 1.29 is 104 Å². The van der Waals surface area contributed by atoms with Gasteiger partial charge in [-0.3, -0.25) is 10.7 Å². The van der Waals surface area contributed by atoms with Gasteiger partial charge in [0.1, 0.15) is 0 Å². The van der Waals surface area contributed by atoms with Gasteiger partial charge < -0.3 is 9.47 Å². The molecule has 0 saturated carbocycles. The van der Waals surface area contributed by atoms with Gasteiger partial charge in [-0.2, -0.15) is 39.7 Å². The summed E-state index contributed by atoms with van der Waals surface area (Å²) in [7, 11) is 0. The maximum Gasteiger partial charge on any atom is 1.00 e. The zero-order valence-electron chi connectivity index (χ0n) is 12.3. The van der Waals surface area contributed by atoms with E-state index in [2.05, 4.69) is 9.47 Å². The van der Waals surface area contributed by atoms with E-state index in [1.165, 1.54) is 6.92 Å². The molecule has 0 spiro atoms. The van der Waals surface area contributed by atoms with E-state index in [0.29, 0.717) is 0 Å². The van der Waals surface area contributed by atoms with Gasteiger partial charge in [-0.25, -0.2) is 4.79 Å². The number of carbonyl (C=O) groups is 2. The van der Waals surface area contributed by atoms with Crippen LogP contribution >= 0.6 is 0 Å². The quantitative estimate of drug-likeness (QED) is 0.364. The van der Waals surface area contributed by atoms with Gasteiger partial charge in [-0.05, 0) is 6.92 Å². The average molecular weight is 409 g/mol. The number of halogens is 6. The van der Waals surface area contributed by atoms with Crippen LogP contribution in [0.5, 0.6) is 0 Å². The Morgan fingerprint density at radius 2 is 1.45 bits per heavy atom. The molecule has 0 radical (unpaired) electrons. The first kappa shape index (κ1) is 24.4. The summed E-state index contributed by atoms with van der Waals surface area (Å²) < 4.78 is 80.8. The van der Waals surface area contributed by atoms with E-state index in [4.69, 9.17) is 0 Å². The molecule has 1 unspecified atom stereocenters. The molecule has 0 aromatic heterocycles. The number of alkyl halides is 6. The molecule has 4 nitrogen and oxygen atoms in total. The summed E-state index contributed by atoms with van der Waals surface area (Å²) in [6.45, 7) is 3.73. The molecular weight excluding hydrogens is 396 g/mol. The molecule has 0 heterocycles. The first-order valence-electron chi connectivity index (χ1n) is 5.68. The van der Waals surface area contributed by atoms with Crippen molar-refractivity contribution in [3.63, 3.8) is 0 Å². The van der Waals surface area contributed by atoms with Crippen LogP contribution in [0.3, 0.4) is 0 Å². The predicted molar refractivity (Wildman–Crippen MR) is 56.8 cm³/mol. The summed E-state index contributed by atoms with van der Waals surface area (Å²) >= 11 is 0. The van der Waals surface area contributed by atoms with Crippen molar-refractivity contribution in [3.8, 4) is 0 Å². The van der Waals surface area contributed by atoms with E-state index < -0.39 is 36.5 Å². The normalized spacial score (nSPS) is 13.2. The SMILES string of the molecule is CC[C-](C)C(=O)OC(C)C(=O)OC(C(F)(F)F)C(F)(F)F.[Rb+]. The van der Waals surface area contributed by atoms with Crippen molar-refractivity contribution >= 4 is 11.9 Å². The number of hydrogen-bond donors (Lipinski definition) is 0. The Morgan fingerprint density at radius 3 is 1.77 bits per heavy atom. The molecular formula is C11H13F6O4Rb. The van der Waals surface area contributed by atoms with E-state index in [9.17, 15) is 35.9 Å². The minimum absolute atomic E-state index is 0. The smallest absolute Gasteiger partial charge is 0.473 e. The van der Waals surface area contributed by atoms with Crippen molar-refractivity contribution in [2.24, 2.45) is 0 Å². The molecule has 0 amide bonds. The fourth-order valence-corrected chi connectivity index (χ4v) is 0.985. The van der Waals surface area contributed by atoms with Crippen LogP contribution < -0.4 is 58.2 Å². The summed E-state index contributed by atoms with van der Waals surface area (Å²) in [5, 5.41) is 0. The standard InChI is InChI=1S/C11H13F6O4.Rb/c1-4-5(2)7(18)20-6(3)8(19)21-9(10(12,13)14)11(15,16)17;/h6,9H,4H2,1-3H3;/q-1;+1. The minimum atomic E-state index is -5.82. The maximum atomic E-state index is 12.2. The van der Waals surface area contributed by atoms with Crippen molar-refractivity contribution in [2.45, 2.75) is 51.8 Å². The van der Waals surface area contributed by atoms with Crippen molar-refractivity contribution in [3.05, 3.63) is 5.92 Å². The van der Waals surface area contributed by atoms with Gasteiger partial charge in [0, 0.05) is 0 Å². The Bertz CT molecular complexity index is 368. The molecule has 0 aliphatic carbocycles. The number of esters is 2. The van der Waals surface area contributed by atoms with Crippen molar-refractivity contribution in [2.75, 3.05) is 0 Å². The van der Waals surface area contributed by atoms with Gasteiger partial charge in [0.2, 0.25) is 0 Å². The molecule has 0 aromatic rings. The number of hydrogen-bond acceptors (Lipinski definition) is 4. The van der Waals surface area contributed by atoms with Crippen LogP contribution in [0.25, 0.3) is 0 Å². The third-order valence-electron chi connectivity index (χ3n) is 2.32. The van der Waals surface area contributed by atoms with Crippen LogP contribution in [-0.4, -0.2) is 36.5 Å². The second-order valence-corrected chi connectivity index (χ2v) is 4.08. The Balaban J connectivity index is 0. The third kappa shape index (κ3) is 8.16. The van der Waals surface area contributed by atoms with E-state index in [0.717, 1.165) is 6.92 Å². The summed E-state index contributed by atoms with van der Waals surface area (Å²) in [5.41, 5.74) is 0. The van der Waals surface area contributed by atoms with Crippen LogP contribution in [0.2, 0.25) is 0 Å². The van der Waals surface area contributed by atoms with E-state index in [1.807, 2.05) is 0 Å². The molecule has 0 fully saturated rings. The van der Waals surface area contributed by atoms with Gasteiger partial charge in [0.25, 0.3) is 6.10 Å². The molecule has 0 aliphatic rings. The second-order valence-electron chi connectivity index (χ2n) is 4.08. The van der Waals surface area contributed by atoms with E-state index in [-0.39, 0.29) is 70.5 Å². The van der Waals surface area contributed by atoms with E-state index in [1.54, 1.807) is 6.92 Å². The van der Waals surface area contributed by atoms with E-state index >= 15 is 0 Å². The zero-order chi connectivity index (χ0) is 17.0. The topological polar surface area (TPSA) is 52.6 Å². The molecule has 0 N–H and O–H groups in total. The molecule has 0 aliphatic heterocycles. The minimum Gasteiger partial charge on any atom is -0.473 e. The number of carbonyl (C=O) groups excluding carboxylic acids is 2. The molecule has 0 saturated heterocycles. The fourth-order valence-electron chi connectivity index (χ4n) is 0.985. The average Bonchev–Trinajstić information content (AvgIpc) is 2.31. The Labute approximate surface area is 171 Å². The first-order chi connectivity index (χ1) is 9.30. The van der Waals surface area contributed by atoms with Crippen LogP contribution in [-0.2, 0) is 19.1 Å². The molecule has 0 aromatic carbocycles. The Hall–Kier alpha value is 0.195. The van der Waals surface area contributed by atoms with Gasteiger partial charge in [-0.1, -0.05) is 6.92 Å². The van der Waals surface area contributed by atoms with Crippen molar-refractivity contribution in [1.82, 2.24) is 0 Å². The number of ether oxygens (including phenoxy) is 2. The molecule has 124 valence electrons. The summed E-state index contributed by atoms with van der Waals surface area (Å²) in [5.74, 6) is -2.79. The molecule has 1 atom stereocenters. The largest absolute Gasteiger partial charge is 1.00 e. The summed E-state index contributed by atoms with van der Waals surface area (Å²) in [6.07, 6.45) is -17.6. The van der Waals surface area contributed by atoms with Crippen LogP contribution in [0.15, 0.2) is 0 Å². The van der Waals surface area contributed by atoms with Gasteiger partial charge in [-0.15, -0.1) is 0 Å². The number of rotatable bonds is 5. The van der Waals surface area contributed by atoms with Gasteiger partial charge >= 0.3 is 76.5 Å². The summed E-state index contributed by atoms with van der Waals surface area (Å²) in [6, 6.07) is 0. The Kier molecular flexibility index (Phi) is 10.5. The van der Waals surface area contributed by atoms with Crippen LogP contribution in [0.1, 0.15) is 27.2 Å². The molecule has 22 heavy (non-hydrogen) atoms. The molecule has 0 rings (SSSR count). The predicted octanol–water partition coefficient (Wildman–Crippen LogP) is -0.0371. The van der Waals surface area contributed by atoms with Crippen LogP contribution in [0, 0.1) is 5.92 Å². The third-order valence-corrected chi connectivity index (χ3v) is 2.32. The zero-order valence-corrected chi connectivity index (χ0v) is 17.2. The second kappa shape index (κ2) is 9.48. The Morgan fingerprint density at radius 1 is 1.05 bits per heavy atom. The molecule has 11 heteroatoms. The monoisotopic (exact) mass is 408 g/mol. The summed E-state index contributed by atoms with van der Waals surface area (Å²) in [4.78, 5) is 22.4.